The van der Waals surface area contributed by atoms with Crippen LogP contribution in [0.25, 0.3) is 0 Å². The van der Waals surface area contributed by atoms with Crippen molar-refractivity contribution in [2.24, 2.45) is 9.98 Å². The van der Waals surface area contributed by atoms with Crippen molar-refractivity contribution in [3.8, 4) is 11.5 Å². The van der Waals surface area contributed by atoms with Crippen molar-refractivity contribution >= 4 is 33.9 Å². The molecule has 26 heavy (non-hydrogen) atoms. The van der Waals surface area contributed by atoms with Crippen molar-refractivity contribution in [2.45, 2.75) is 30.5 Å². The average Bonchev–Trinajstić information content (AvgIpc) is 3.07. The van der Waals surface area contributed by atoms with Gasteiger partial charge in [0.25, 0.3) is 0 Å². The first-order valence-electron chi connectivity index (χ1n) is 8.66. The molecule has 0 aliphatic carbocycles. The van der Waals surface area contributed by atoms with Crippen LogP contribution in [0, 0.1) is 0 Å². The molecule has 8 heteroatoms. The molecule has 2 unspecified atom stereocenters. The van der Waals surface area contributed by atoms with Crippen molar-refractivity contribution in [3.05, 3.63) is 23.8 Å². The Kier molecular flexibility index (Phi) is 5.92. The van der Waals surface area contributed by atoms with Crippen LogP contribution in [-0.4, -0.2) is 70.0 Å². The van der Waals surface area contributed by atoms with Crippen LogP contribution in [0.5, 0.6) is 11.5 Å². The van der Waals surface area contributed by atoms with E-state index in [9.17, 15) is 5.11 Å². The van der Waals surface area contributed by atoms with Gasteiger partial charge in [-0.25, -0.2) is 9.98 Å². The van der Waals surface area contributed by atoms with Crippen molar-refractivity contribution in [2.75, 3.05) is 34.3 Å². The zero-order valence-corrected chi connectivity index (χ0v) is 17.5. The molecule has 3 rings (SSSR count). The Bertz CT molecular complexity index is 691. The Balaban J connectivity index is 2.03. The number of phenolic OH excluding ortho intramolecular Hbond substituents is 1. The van der Waals surface area contributed by atoms with E-state index in [1.54, 1.807) is 36.7 Å². The molecular weight excluding hydrogens is 368 g/mol. The number of phenols is 1. The van der Waals surface area contributed by atoms with Crippen LogP contribution in [0.1, 0.15) is 25.6 Å². The highest BCUT2D eigenvalue weighted by atomic mass is 32.2. The van der Waals surface area contributed by atoms with Gasteiger partial charge in [0.15, 0.2) is 28.0 Å². The van der Waals surface area contributed by atoms with E-state index in [1.807, 2.05) is 26.2 Å². The molecule has 2 fully saturated rings. The zero-order valence-electron chi connectivity index (χ0n) is 15.8. The van der Waals surface area contributed by atoms with Gasteiger partial charge in [-0.05, 0) is 6.07 Å². The van der Waals surface area contributed by atoms with Crippen LogP contribution >= 0.6 is 23.5 Å². The Morgan fingerprint density at radius 3 is 2.04 bits per heavy atom. The SMILES string of the molecule is COc1cccc(C(/N=C2\SC(C)CN2C)/N=C2\SC(C)CN2C)c1O. The predicted molar refractivity (Wildman–Crippen MR) is 112 cm³/mol. The molecule has 2 saturated heterocycles. The molecule has 0 saturated carbocycles. The number of amidine groups is 2. The Morgan fingerprint density at radius 2 is 1.62 bits per heavy atom. The Morgan fingerprint density at radius 1 is 1.08 bits per heavy atom. The van der Waals surface area contributed by atoms with E-state index in [-0.39, 0.29) is 5.75 Å². The topological polar surface area (TPSA) is 60.7 Å². The van der Waals surface area contributed by atoms with Gasteiger partial charge >= 0.3 is 0 Å². The first-order chi connectivity index (χ1) is 12.4. The number of hydrogen-bond donors (Lipinski definition) is 1. The second-order valence-corrected chi connectivity index (χ2v) is 9.52. The fourth-order valence-electron chi connectivity index (χ4n) is 3.09. The minimum atomic E-state index is -0.504. The normalized spacial score (nSPS) is 27.6. The molecule has 2 heterocycles. The van der Waals surface area contributed by atoms with E-state index >= 15 is 0 Å². The molecule has 2 aliphatic heterocycles. The van der Waals surface area contributed by atoms with Crippen molar-refractivity contribution in [1.82, 2.24) is 9.80 Å². The summed E-state index contributed by atoms with van der Waals surface area (Å²) in [4.78, 5) is 14.1. The maximum Gasteiger partial charge on any atom is 0.174 e. The summed E-state index contributed by atoms with van der Waals surface area (Å²) < 4.78 is 5.27. The molecule has 6 nitrogen and oxygen atoms in total. The lowest BCUT2D eigenvalue weighted by atomic mass is 10.1. The maximum absolute atomic E-state index is 10.6. The van der Waals surface area contributed by atoms with Crippen molar-refractivity contribution in [3.63, 3.8) is 0 Å². The summed E-state index contributed by atoms with van der Waals surface area (Å²) in [6, 6.07) is 5.47. The quantitative estimate of drug-likeness (QED) is 0.846. The third-order valence-electron chi connectivity index (χ3n) is 4.32. The van der Waals surface area contributed by atoms with E-state index in [0.29, 0.717) is 21.8 Å². The summed E-state index contributed by atoms with van der Waals surface area (Å²) in [6.45, 7) is 6.30. The number of aliphatic imine (C=N–C) groups is 2. The van der Waals surface area contributed by atoms with Crippen molar-refractivity contribution in [1.29, 1.82) is 0 Å². The monoisotopic (exact) mass is 394 g/mol. The van der Waals surface area contributed by atoms with E-state index in [0.717, 1.165) is 23.4 Å². The summed E-state index contributed by atoms with van der Waals surface area (Å²) in [5, 5.41) is 13.5. The Hall–Kier alpha value is -1.54. The average molecular weight is 395 g/mol. The largest absolute Gasteiger partial charge is 0.504 e. The molecular formula is C18H26N4O2S2. The van der Waals surface area contributed by atoms with Crippen LogP contribution in [0.15, 0.2) is 28.2 Å². The van der Waals surface area contributed by atoms with E-state index < -0.39 is 6.17 Å². The van der Waals surface area contributed by atoms with Crippen LogP contribution in [0.2, 0.25) is 0 Å². The third-order valence-corrected chi connectivity index (χ3v) is 6.68. The molecule has 0 spiro atoms. The van der Waals surface area contributed by atoms with Crippen molar-refractivity contribution < 1.29 is 9.84 Å². The third kappa shape index (κ3) is 4.06. The van der Waals surface area contributed by atoms with Crippen LogP contribution in [-0.2, 0) is 0 Å². The van der Waals surface area contributed by atoms with Gasteiger partial charge in [-0.2, -0.15) is 0 Å². The summed E-state index contributed by atoms with van der Waals surface area (Å²) in [7, 11) is 5.64. The molecule has 0 aromatic heterocycles. The number of aromatic hydroxyl groups is 1. The van der Waals surface area contributed by atoms with Gasteiger partial charge < -0.3 is 19.6 Å². The van der Waals surface area contributed by atoms with E-state index in [2.05, 4.69) is 23.6 Å². The smallest absolute Gasteiger partial charge is 0.174 e. The number of thioether (sulfide) groups is 2. The van der Waals surface area contributed by atoms with Gasteiger partial charge in [-0.3, -0.25) is 0 Å². The van der Waals surface area contributed by atoms with Crippen LogP contribution in [0.3, 0.4) is 0 Å². The fourth-order valence-corrected chi connectivity index (χ4v) is 5.24. The minimum Gasteiger partial charge on any atom is -0.504 e. The lowest BCUT2D eigenvalue weighted by Crippen LogP contribution is -2.22. The molecule has 2 aliphatic rings. The number of rotatable bonds is 4. The van der Waals surface area contributed by atoms with E-state index in [4.69, 9.17) is 14.7 Å². The fraction of sp³-hybridized carbons (Fsp3) is 0.556. The molecule has 1 aromatic rings. The molecule has 142 valence electrons. The van der Waals surface area contributed by atoms with Crippen LogP contribution in [0.4, 0.5) is 0 Å². The summed E-state index contributed by atoms with van der Waals surface area (Å²) >= 11 is 3.49. The Labute approximate surface area is 163 Å². The molecule has 0 bridgehead atoms. The predicted octanol–water partition coefficient (Wildman–Crippen LogP) is 3.25. The number of nitrogens with zero attached hydrogens (tertiary/aromatic N) is 4. The van der Waals surface area contributed by atoms with Gasteiger partial charge in [-0.15, -0.1) is 0 Å². The highest BCUT2D eigenvalue weighted by molar-refractivity contribution is 8.15. The van der Waals surface area contributed by atoms with E-state index in [1.165, 1.54) is 0 Å². The first kappa shape index (κ1) is 19.2. The number of para-hydroxylation sites is 1. The second kappa shape index (κ2) is 8.00. The molecule has 1 aromatic carbocycles. The zero-order chi connectivity index (χ0) is 18.8. The summed E-state index contributed by atoms with van der Waals surface area (Å²) in [5.74, 6) is 0.542. The first-order valence-corrected chi connectivity index (χ1v) is 10.4. The number of ether oxygens (including phenoxy) is 1. The number of benzene rings is 1. The molecule has 0 amide bonds. The number of hydrogen-bond acceptors (Lipinski definition) is 6. The van der Waals surface area contributed by atoms with Gasteiger partial charge in [0.1, 0.15) is 0 Å². The van der Waals surface area contributed by atoms with Gasteiger partial charge in [0, 0.05) is 43.2 Å². The number of methoxy groups -OCH3 is 1. The standard InChI is InChI=1S/C18H26N4O2S2/c1-11-9-21(3)17(25-11)19-16(20-18-22(4)10-12(2)26-18)13-7-6-8-14(24-5)15(13)23/h6-8,11-12,16,23H,9-10H2,1-5H3/b19-17-,20-18-. The highest BCUT2D eigenvalue weighted by Crippen LogP contribution is 2.38. The van der Waals surface area contributed by atoms with Gasteiger partial charge in [0.05, 0.1) is 7.11 Å². The maximum atomic E-state index is 10.6. The van der Waals surface area contributed by atoms with Gasteiger partial charge in [0.2, 0.25) is 0 Å². The molecule has 0 radical (unpaired) electrons. The summed E-state index contributed by atoms with van der Waals surface area (Å²) in [5.41, 5.74) is 0.659. The molecule has 1 N–H and O–H groups in total. The summed E-state index contributed by atoms with van der Waals surface area (Å²) in [6.07, 6.45) is -0.504. The lowest BCUT2D eigenvalue weighted by molar-refractivity contribution is 0.368. The van der Waals surface area contributed by atoms with Crippen LogP contribution < -0.4 is 4.74 Å². The van der Waals surface area contributed by atoms with Gasteiger partial charge in [-0.1, -0.05) is 49.5 Å². The molecule has 2 atom stereocenters. The second-order valence-electron chi connectivity index (χ2n) is 6.71. The highest BCUT2D eigenvalue weighted by Gasteiger charge is 2.28. The minimum absolute atomic E-state index is 0.103. The lowest BCUT2D eigenvalue weighted by Gasteiger charge is -2.18.